The molecule has 3 atom stereocenters. The van der Waals surface area contributed by atoms with E-state index in [0.29, 0.717) is 6.04 Å². The number of hydrogen-bond acceptors (Lipinski definition) is 2. The molecular formula is C12H16BrNOS. The second-order valence-electron chi connectivity index (χ2n) is 4.14. The standard InChI is InChI=1S/C12H16BrNOS/c1-3-14-11-6-8(2)16(15)12-5-4-9(13)7-10(11)12/h4-5,7-8,11,14H,3,6H2,1-2H3. The van der Waals surface area contributed by atoms with Gasteiger partial charge < -0.3 is 5.32 Å². The normalized spacial score (nSPS) is 28.8. The second-order valence-corrected chi connectivity index (χ2v) is 6.89. The average Bonchev–Trinajstić information content (AvgIpc) is 2.26. The van der Waals surface area contributed by atoms with Crippen LogP contribution in [0.4, 0.5) is 0 Å². The van der Waals surface area contributed by atoms with Crippen LogP contribution in [0.5, 0.6) is 0 Å². The minimum Gasteiger partial charge on any atom is -0.310 e. The largest absolute Gasteiger partial charge is 0.310 e. The molecule has 0 bridgehead atoms. The van der Waals surface area contributed by atoms with Crippen LogP contribution in [0.3, 0.4) is 0 Å². The Bertz CT molecular complexity index is 421. The third kappa shape index (κ3) is 2.24. The summed E-state index contributed by atoms with van der Waals surface area (Å²) in [6, 6.07) is 6.38. The van der Waals surface area contributed by atoms with Crippen LogP contribution in [0.2, 0.25) is 0 Å². The van der Waals surface area contributed by atoms with E-state index >= 15 is 0 Å². The quantitative estimate of drug-likeness (QED) is 0.910. The molecular weight excluding hydrogens is 286 g/mol. The van der Waals surface area contributed by atoms with Crippen molar-refractivity contribution < 1.29 is 4.21 Å². The molecule has 0 saturated heterocycles. The summed E-state index contributed by atoms with van der Waals surface area (Å²) in [7, 11) is -0.853. The van der Waals surface area contributed by atoms with Gasteiger partial charge in [-0.3, -0.25) is 4.21 Å². The van der Waals surface area contributed by atoms with Gasteiger partial charge in [-0.2, -0.15) is 0 Å². The molecule has 0 spiro atoms. The minimum atomic E-state index is -0.853. The fraction of sp³-hybridized carbons (Fsp3) is 0.500. The smallest absolute Gasteiger partial charge is 0.0562 e. The van der Waals surface area contributed by atoms with Crippen LogP contribution < -0.4 is 5.32 Å². The van der Waals surface area contributed by atoms with Crippen molar-refractivity contribution in [3.63, 3.8) is 0 Å². The van der Waals surface area contributed by atoms with Gasteiger partial charge in [0.25, 0.3) is 0 Å². The molecule has 0 radical (unpaired) electrons. The number of benzene rings is 1. The Labute approximate surface area is 107 Å². The molecule has 4 heteroatoms. The molecule has 0 aliphatic carbocycles. The molecule has 1 aliphatic rings. The summed E-state index contributed by atoms with van der Waals surface area (Å²) in [4.78, 5) is 0.993. The summed E-state index contributed by atoms with van der Waals surface area (Å²) in [6.45, 7) is 5.11. The number of rotatable bonds is 2. The Balaban J connectivity index is 2.45. The topological polar surface area (TPSA) is 29.1 Å². The first-order valence-corrected chi connectivity index (χ1v) is 7.57. The van der Waals surface area contributed by atoms with Crippen molar-refractivity contribution in [3.8, 4) is 0 Å². The molecule has 3 unspecified atom stereocenters. The highest BCUT2D eigenvalue weighted by Crippen LogP contribution is 2.35. The highest BCUT2D eigenvalue weighted by molar-refractivity contribution is 9.10. The first kappa shape index (κ1) is 12.3. The van der Waals surface area contributed by atoms with Crippen molar-refractivity contribution in [2.45, 2.75) is 36.5 Å². The van der Waals surface area contributed by atoms with Gasteiger partial charge in [-0.05, 0) is 36.7 Å². The summed E-state index contributed by atoms with van der Waals surface area (Å²) < 4.78 is 13.2. The molecule has 1 N–H and O–H groups in total. The summed E-state index contributed by atoms with van der Waals surface area (Å²) in [6.07, 6.45) is 0.948. The lowest BCUT2D eigenvalue weighted by Gasteiger charge is -2.29. The molecule has 1 aromatic carbocycles. The lowest BCUT2D eigenvalue weighted by Crippen LogP contribution is -2.31. The van der Waals surface area contributed by atoms with E-state index in [1.807, 2.05) is 12.1 Å². The Morgan fingerprint density at radius 1 is 1.56 bits per heavy atom. The van der Waals surface area contributed by atoms with Crippen LogP contribution in [-0.4, -0.2) is 16.0 Å². The van der Waals surface area contributed by atoms with Gasteiger partial charge in [0.05, 0.1) is 10.8 Å². The maximum absolute atomic E-state index is 12.1. The molecule has 88 valence electrons. The second kappa shape index (κ2) is 4.98. The van der Waals surface area contributed by atoms with Gasteiger partial charge >= 0.3 is 0 Å². The molecule has 0 aromatic heterocycles. The Hall–Kier alpha value is -0.190. The van der Waals surface area contributed by atoms with Crippen LogP contribution in [-0.2, 0) is 10.8 Å². The van der Waals surface area contributed by atoms with E-state index in [0.717, 1.165) is 22.3 Å². The molecule has 2 nitrogen and oxygen atoms in total. The van der Waals surface area contributed by atoms with Gasteiger partial charge in [-0.15, -0.1) is 0 Å². The molecule has 2 rings (SSSR count). The van der Waals surface area contributed by atoms with Crippen molar-refractivity contribution in [1.82, 2.24) is 5.32 Å². The monoisotopic (exact) mass is 301 g/mol. The van der Waals surface area contributed by atoms with Crippen LogP contribution in [0.1, 0.15) is 31.9 Å². The van der Waals surface area contributed by atoms with Gasteiger partial charge in [0.2, 0.25) is 0 Å². The van der Waals surface area contributed by atoms with Crippen molar-refractivity contribution in [3.05, 3.63) is 28.2 Å². The zero-order valence-electron chi connectivity index (χ0n) is 9.50. The molecule has 1 aliphatic heterocycles. The van der Waals surface area contributed by atoms with Crippen molar-refractivity contribution >= 4 is 26.7 Å². The summed E-state index contributed by atoms with van der Waals surface area (Å²) in [5, 5.41) is 3.70. The first-order chi connectivity index (χ1) is 7.63. The van der Waals surface area contributed by atoms with E-state index in [9.17, 15) is 4.21 Å². The highest BCUT2D eigenvalue weighted by atomic mass is 79.9. The van der Waals surface area contributed by atoms with Crippen LogP contribution >= 0.6 is 15.9 Å². The predicted molar refractivity (Wildman–Crippen MR) is 71.0 cm³/mol. The van der Waals surface area contributed by atoms with E-state index in [2.05, 4.69) is 41.2 Å². The molecule has 1 aromatic rings. The van der Waals surface area contributed by atoms with Gasteiger partial charge in [-0.1, -0.05) is 29.8 Å². The number of hydrogen-bond donors (Lipinski definition) is 1. The summed E-state index contributed by atoms with van der Waals surface area (Å²) in [5.74, 6) is 0. The molecule has 1 heterocycles. The van der Waals surface area contributed by atoms with E-state index in [1.54, 1.807) is 0 Å². The predicted octanol–water partition coefficient (Wildman–Crippen LogP) is 3.00. The Morgan fingerprint density at radius 3 is 3.00 bits per heavy atom. The fourth-order valence-corrected chi connectivity index (χ4v) is 3.99. The SMILES string of the molecule is CCNC1CC(C)S(=O)c2ccc(Br)cc21. The maximum Gasteiger partial charge on any atom is 0.0562 e. The molecule has 0 amide bonds. The molecule has 16 heavy (non-hydrogen) atoms. The average molecular weight is 302 g/mol. The number of halogens is 1. The molecule has 0 fully saturated rings. The Kier molecular flexibility index (Phi) is 3.82. The number of fused-ring (bicyclic) bond motifs is 1. The summed E-state index contributed by atoms with van der Waals surface area (Å²) >= 11 is 3.48. The van der Waals surface area contributed by atoms with Crippen molar-refractivity contribution in [2.75, 3.05) is 6.54 Å². The van der Waals surface area contributed by atoms with E-state index in [1.165, 1.54) is 5.56 Å². The zero-order valence-corrected chi connectivity index (χ0v) is 11.9. The van der Waals surface area contributed by atoms with Gasteiger partial charge in [-0.25, -0.2) is 0 Å². The molecule has 0 saturated carbocycles. The van der Waals surface area contributed by atoms with Crippen LogP contribution in [0.25, 0.3) is 0 Å². The third-order valence-electron chi connectivity index (χ3n) is 2.95. The minimum absolute atomic E-state index is 0.234. The highest BCUT2D eigenvalue weighted by Gasteiger charge is 2.29. The zero-order chi connectivity index (χ0) is 11.7. The fourth-order valence-electron chi connectivity index (χ4n) is 2.18. The van der Waals surface area contributed by atoms with Gasteiger partial charge in [0, 0.05) is 20.7 Å². The van der Waals surface area contributed by atoms with E-state index in [-0.39, 0.29) is 5.25 Å². The number of nitrogens with one attached hydrogen (secondary N) is 1. The van der Waals surface area contributed by atoms with Gasteiger partial charge in [0.1, 0.15) is 0 Å². The van der Waals surface area contributed by atoms with Crippen molar-refractivity contribution in [1.29, 1.82) is 0 Å². The van der Waals surface area contributed by atoms with E-state index < -0.39 is 10.8 Å². The first-order valence-electron chi connectivity index (χ1n) is 5.57. The lowest BCUT2D eigenvalue weighted by molar-refractivity contribution is 0.490. The van der Waals surface area contributed by atoms with Gasteiger partial charge in [0.15, 0.2) is 0 Å². The third-order valence-corrected chi connectivity index (χ3v) is 5.17. The lowest BCUT2D eigenvalue weighted by atomic mass is 10.0. The summed E-state index contributed by atoms with van der Waals surface area (Å²) in [5.41, 5.74) is 1.19. The van der Waals surface area contributed by atoms with Crippen molar-refractivity contribution in [2.24, 2.45) is 0 Å². The van der Waals surface area contributed by atoms with E-state index in [4.69, 9.17) is 0 Å². The van der Waals surface area contributed by atoms with Crippen LogP contribution in [0, 0.1) is 0 Å². The van der Waals surface area contributed by atoms with Crippen LogP contribution in [0.15, 0.2) is 27.6 Å². The Morgan fingerprint density at radius 2 is 2.31 bits per heavy atom. The maximum atomic E-state index is 12.1.